The van der Waals surface area contributed by atoms with E-state index < -0.39 is 0 Å². The quantitative estimate of drug-likeness (QED) is 0.0671. The van der Waals surface area contributed by atoms with E-state index in [-0.39, 0.29) is 52.0 Å². The van der Waals surface area contributed by atoms with Crippen molar-refractivity contribution in [2.75, 3.05) is 28.4 Å². The zero-order valence-corrected chi connectivity index (χ0v) is 47.3. The molecule has 0 amide bonds. The zero-order chi connectivity index (χ0) is 55.6. The third kappa shape index (κ3) is 18.7. The van der Waals surface area contributed by atoms with Crippen molar-refractivity contribution >= 4 is 23.5 Å². The highest BCUT2D eigenvalue weighted by Gasteiger charge is 2.24. The van der Waals surface area contributed by atoms with Gasteiger partial charge in [-0.1, -0.05) is 118 Å². The number of alkyl halides is 1. The SMILES string of the molecule is COC(=O)C[C@H](CC(C)C)c1ccc(O)cc1.COC(=O)C[C@H](CC(C)C)c1ccc(OCc2ccc(C(C)(C)C)c(-c3cc(OC)ccc3F)c2)cc1.COc1ccc(F)c(-c2cc(CCl)ccc2C(C)(C)C)c1. The molecule has 0 aliphatic carbocycles. The van der Waals surface area contributed by atoms with E-state index in [2.05, 4.69) is 75.3 Å². The van der Waals surface area contributed by atoms with E-state index in [1.807, 2.05) is 66.7 Å². The van der Waals surface area contributed by atoms with Gasteiger partial charge in [0.2, 0.25) is 0 Å². The van der Waals surface area contributed by atoms with Gasteiger partial charge in [0.1, 0.15) is 41.2 Å². The van der Waals surface area contributed by atoms with Gasteiger partial charge in [-0.3, -0.25) is 9.59 Å². The molecule has 0 aromatic heterocycles. The summed E-state index contributed by atoms with van der Waals surface area (Å²) in [7, 11) is 5.99. The average molecular weight is 1050 g/mol. The largest absolute Gasteiger partial charge is 0.508 e. The topological polar surface area (TPSA) is 101 Å². The van der Waals surface area contributed by atoms with E-state index >= 15 is 0 Å². The summed E-state index contributed by atoms with van der Waals surface area (Å²) in [5.74, 6) is 2.94. The first-order valence-electron chi connectivity index (χ1n) is 25.6. The molecular formula is C64H79ClF2O8. The summed E-state index contributed by atoms with van der Waals surface area (Å²) in [5.41, 5.74) is 8.73. The van der Waals surface area contributed by atoms with Crippen LogP contribution >= 0.6 is 11.6 Å². The minimum atomic E-state index is -0.289. The zero-order valence-electron chi connectivity index (χ0n) is 46.5. The van der Waals surface area contributed by atoms with Gasteiger partial charge in [-0.15, -0.1) is 11.6 Å². The predicted molar refractivity (Wildman–Crippen MR) is 300 cm³/mol. The third-order valence-electron chi connectivity index (χ3n) is 12.8. The number of benzene rings is 6. The minimum Gasteiger partial charge on any atom is -0.508 e. The van der Waals surface area contributed by atoms with Gasteiger partial charge in [-0.2, -0.15) is 0 Å². The molecule has 404 valence electrons. The number of carbonyl (C=O) groups excluding carboxylic acids is 2. The highest BCUT2D eigenvalue weighted by Crippen LogP contribution is 2.39. The van der Waals surface area contributed by atoms with Gasteiger partial charge in [-0.25, -0.2) is 8.78 Å². The molecule has 0 unspecified atom stereocenters. The number of halogens is 3. The summed E-state index contributed by atoms with van der Waals surface area (Å²) in [6, 6.07) is 36.6. The lowest BCUT2D eigenvalue weighted by Crippen LogP contribution is -2.13. The van der Waals surface area contributed by atoms with Gasteiger partial charge in [0.15, 0.2) is 0 Å². The number of hydrogen-bond acceptors (Lipinski definition) is 8. The minimum absolute atomic E-state index is 0.0876. The van der Waals surface area contributed by atoms with Crippen molar-refractivity contribution in [2.24, 2.45) is 11.8 Å². The molecule has 0 radical (unpaired) electrons. The highest BCUT2D eigenvalue weighted by atomic mass is 35.5. The fourth-order valence-corrected chi connectivity index (χ4v) is 9.08. The normalized spacial score (nSPS) is 12.1. The van der Waals surface area contributed by atoms with Crippen LogP contribution < -0.4 is 14.2 Å². The van der Waals surface area contributed by atoms with Crippen LogP contribution in [0.1, 0.15) is 140 Å². The number of rotatable bonds is 18. The van der Waals surface area contributed by atoms with Crippen LogP contribution in [0.25, 0.3) is 22.3 Å². The molecule has 6 aromatic carbocycles. The summed E-state index contributed by atoms with van der Waals surface area (Å²) < 4.78 is 55.5. The smallest absolute Gasteiger partial charge is 0.306 e. The molecule has 0 fully saturated rings. The van der Waals surface area contributed by atoms with Crippen molar-refractivity contribution in [1.29, 1.82) is 0 Å². The fraction of sp³-hybridized carbons (Fsp3) is 0.406. The van der Waals surface area contributed by atoms with Crippen molar-refractivity contribution in [2.45, 2.75) is 130 Å². The molecule has 8 nitrogen and oxygen atoms in total. The van der Waals surface area contributed by atoms with Crippen molar-refractivity contribution < 1.29 is 47.2 Å². The van der Waals surface area contributed by atoms with Gasteiger partial charge < -0.3 is 28.8 Å². The van der Waals surface area contributed by atoms with Crippen LogP contribution in [0, 0.1) is 23.5 Å². The summed E-state index contributed by atoms with van der Waals surface area (Å²) >= 11 is 5.93. The number of carbonyl (C=O) groups is 2. The average Bonchev–Trinajstić information content (AvgIpc) is 3.37. The van der Waals surface area contributed by atoms with Crippen LogP contribution in [-0.4, -0.2) is 45.5 Å². The monoisotopic (exact) mass is 1050 g/mol. The lowest BCUT2D eigenvalue weighted by molar-refractivity contribution is -0.142. The molecule has 0 bridgehead atoms. The van der Waals surface area contributed by atoms with Crippen LogP contribution in [0.3, 0.4) is 0 Å². The Kier molecular flexibility index (Phi) is 23.2. The Hall–Kier alpha value is -6.39. The molecule has 11 heteroatoms. The van der Waals surface area contributed by atoms with Crippen molar-refractivity contribution in [1.82, 2.24) is 0 Å². The molecular weight excluding hydrogens is 970 g/mol. The maximum absolute atomic E-state index is 14.9. The standard InChI is InChI=1S/C32H39FO4.C18H20ClFO.C14H20O3/c1-21(2)16-24(18-31(34)36-7)23-9-11-25(12-10-23)37-20-22-8-14-29(32(3,4)5)27(17-22)28-19-26(35-6)13-15-30(28)33;1-18(2,3)16-7-5-12(11-19)9-14(16)15-10-13(21-4)6-8-17(15)20;1-10(2)8-12(9-14(16)17-3)11-4-6-13(15)7-5-11/h8-15,17,19,21,24H,16,18,20H2,1-7H3;5-10H,11H2,1-4H3;4-7,10,12,15H,8-9H2,1-3H3/t24-;;12-/m0.0/s1. The second kappa shape index (κ2) is 28.5. The van der Waals surface area contributed by atoms with E-state index in [4.69, 9.17) is 35.3 Å². The first kappa shape index (κ1) is 61.2. The van der Waals surface area contributed by atoms with E-state index in [1.165, 1.54) is 26.4 Å². The first-order chi connectivity index (χ1) is 35.4. The Morgan fingerprint density at radius 2 is 0.907 bits per heavy atom. The number of phenols is 1. The van der Waals surface area contributed by atoms with E-state index in [1.54, 1.807) is 50.6 Å². The Bertz CT molecular complexity index is 2760. The molecule has 0 spiro atoms. The molecule has 0 saturated heterocycles. The van der Waals surface area contributed by atoms with Gasteiger partial charge in [0.25, 0.3) is 0 Å². The lowest BCUT2D eigenvalue weighted by atomic mass is 9.81. The number of ether oxygens (including phenoxy) is 5. The first-order valence-corrected chi connectivity index (χ1v) is 26.1. The number of aromatic hydroxyl groups is 1. The maximum atomic E-state index is 14.9. The highest BCUT2D eigenvalue weighted by molar-refractivity contribution is 6.17. The van der Waals surface area contributed by atoms with Crippen molar-refractivity contribution in [3.63, 3.8) is 0 Å². The van der Waals surface area contributed by atoms with E-state index in [9.17, 15) is 23.5 Å². The van der Waals surface area contributed by atoms with Crippen LogP contribution in [0.2, 0.25) is 0 Å². The van der Waals surface area contributed by atoms with Crippen LogP contribution in [-0.2, 0) is 42.4 Å². The number of phenolic OH excluding ortho intramolecular Hbond substituents is 1. The lowest BCUT2D eigenvalue weighted by Gasteiger charge is -2.24. The number of esters is 2. The Morgan fingerprint density at radius 3 is 1.28 bits per heavy atom. The van der Waals surface area contributed by atoms with Crippen molar-refractivity contribution in [3.8, 4) is 45.3 Å². The molecule has 1 N–H and O–H groups in total. The molecule has 0 aliphatic heterocycles. The summed E-state index contributed by atoms with van der Waals surface area (Å²) in [4.78, 5) is 23.3. The second-order valence-corrected chi connectivity index (χ2v) is 22.0. The Balaban J connectivity index is 0.000000269. The van der Waals surface area contributed by atoms with Gasteiger partial charge in [-0.05, 0) is 165 Å². The molecule has 0 saturated carbocycles. The summed E-state index contributed by atoms with van der Waals surface area (Å²) in [5, 5.41) is 9.26. The van der Waals surface area contributed by atoms with Crippen LogP contribution in [0.15, 0.2) is 121 Å². The number of methoxy groups -OCH3 is 4. The van der Waals surface area contributed by atoms with Gasteiger partial charge in [0.05, 0.1) is 41.3 Å². The molecule has 75 heavy (non-hydrogen) atoms. The summed E-state index contributed by atoms with van der Waals surface area (Å²) in [6.07, 6.45) is 2.58. The fourth-order valence-electron chi connectivity index (χ4n) is 8.92. The van der Waals surface area contributed by atoms with E-state index in [0.717, 1.165) is 63.1 Å². The van der Waals surface area contributed by atoms with Crippen molar-refractivity contribution in [3.05, 3.63) is 166 Å². The maximum Gasteiger partial charge on any atom is 0.306 e. The van der Waals surface area contributed by atoms with Crippen LogP contribution in [0.4, 0.5) is 8.78 Å². The van der Waals surface area contributed by atoms with E-state index in [0.29, 0.717) is 59.8 Å². The molecule has 0 heterocycles. The van der Waals surface area contributed by atoms with Gasteiger partial charge in [0, 0.05) is 17.0 Å². The summed E-state index contributed by atoms with van der Waals surface area (Å²) in [6.45, 7) is 21.6. The third-order valence-corrected chi connectivity index (χ3v) is 13.1. The second-order valence-electron chi connectivity index (χ2n) is 21.7. The van der Waals surface area contributed by atoms with Gasteiger partial charge >= 0.3 is 11.9 Å². The molecule has 2 atom stereocenters. The molecule has 6 rings (SSSR count). The Morgan fingerprint density at radius 1 is 0.520 bits per heavy atom. The molecule has 0 aliphatic rings. The predicted octanol–water partition coefficient (Wildman–Crippen LogP) is 16.7. The number of hydrogen-bond donors (Lipinski definition) is 1. The molecule has 6 aromatic rings. The Labute approximate surface area is 450 Å². The van der Waals surface area contributed by atoms with Crippen LogP contribution in [0.5, 0.6) is 23.0 Å².